The average Bonchev–Trinajstić information content (AvgIpc) is 3.37. The highest BCUT2D eigenvalue weighted by Crippen LogP contribution is 2.60. The smallest absolute Gasteiger partial charge is 0.271 e. The second-order valence-electron chi connectivity index (χ2n) is 11.0. The number of hydrogen-bond acceptors (Lipinski definition) is 6. The maximum atomic E-state index is 13.0. The van der Waals surface area contributed by atoms with E-state index in [0.717, 1.165) is 34.7 Å². The van der Waals surface area contributed by atoms with Crippen LogP contribution in [-0.2, 0) is 5.41 Å². The number of nitrogens with one attached hydrogen (secondary N) is 1. The van der Waals surface area contributed by atoms with E-state index in [4.69, 9.17) is 19.3 Å². The number of methoxy groups -OCH3 is 3. The third kappa shape index (κ3) is 4.31. The highest BCUT2D eigenvalue weighted by molar-refractivity contribution is 5.96. The summed E-state index contributed by atoms with van der Waals surface area (Å²) in [5, 5.41) is 9.53. The predicted octanol–water partition coefficient (Wildman–Crippen LogP) is 5.13. The summed E-state index contributed by atoms with van der Waals surface area (Å²) in [5.74, 6) is 3.28. The molecule has 4 saturated carbocycles. The molecular weight excluding hydrogens is 480 g/mol. The quantitative estimate of drug-likeness (QED) is 0.333. The summed E-state index contributed by atoms with van der Waals surface area (Å²) in [7, 11) is 4.57. The maximum Gasteiger partial charge on any atom is 0.271 e. The van der Waals surface area contributed by atoms with Gasteiger partial charge >= 0.3 is 0 Å². The number of para-hydroxylation sites is 1. The van der Waals surface area contributed by atoms with Gasteiger partial charge in [-0.25, -0.2) is 10.1 Å². The Morgan fingerprint density at radius 3 is 2.13 bits per heavy atom. The Kier molecular flexibility index (Phi) is 6.33. The first kappa shape index (κ1) is 24.5. The zero-order valence-corrected chi connectivity index (χ0v) is 22.1. The Morgan fingerprint density at radius 1 is 0.974 bits per heavy atom. The van der Waals surface area contributed by atoms with E-state index in [-0.39, 0.29) is 11.3 Å². The summed E-state index contributed by atoms with van der Waals surface area (Å²) in [6, 6.07) is 13.4. The van der Waals surface area contributed by atoms with Crippen molar-refractivity contribution >= 4 is 12.1 Å². The molecule has 8 nitrogen and oxygen atoms in total. The second-order valence-corrected chi connectivity index (χ2v) is 11.0. The van der Waals surface area contributed by atoms with Gasteiger partial charge in [0.15, 0.2) is 11.5 Å². The summed E-state index contributed by atoms with van der Waals surface area (Å²) in [4.78, 5) is 13.0. The number of amides is 1. The van der Waals surface area contributed by atoms with Gasteiger partial charge < -0.3 is 14.2 Å². The van der Waals surface area contributed by atoms with Crippen LogP contribution in [0.4, 0.5) is 0 Å². The highest BCUT2D eigenvalue weighted by Gasteiger charge is 2.53. The van der Waals surface area contributed by atoms with Gasteiger partial charge in [0.25, 0.3) is 5.91 Å². The SMILES string of the molecule is COc1cc(C(=O)NN=Cc2cn(-c3ccccc3)nc2C23CC4CC(CC(C4)C2)C3)cc(OC)c1OC. The monoisotopic (exact) mass is 514 g/mol. The Morgan fingerprint density at radius 2 is 1.58 bits per heavy atom. The number of aromatic nitrogens is 2. The molecule has 1 aromatic heterocycles. The van der Waals surface area contributed by atoms with Crippen LogP contribution in [0.25, 0.3) is 5.69 Å². The van der Waals surface area contributed by atoms with Crippen molar-refractivity contribution in [2.24, 2.45) is 22.9 Å². The number of hydrazone groups is 1. The van der Waals surface area contributed by atoms with Gasteiger partial charge in [-0.05, 0) is 80.5 Å². The van der Waals surface area contributed by atoms with Crippen LogP contribution in [0.1, 0.15) is 60.1 Å². The van der Waals surface area contributed by atoms with Crippen LogP contribution in [0, 0.1) is 17.8 Å². The maximum absolute atomic E-state index is 13.0. The van der Waals surface area contributed by atoms with E-state index in [1.54, 1.807) is 18.3 Å². The van der Waals surface area contributed by atoms with Crippen molar-refractivity contribution in [3.05, 3.63) is 65.5 Å². The zero-order chi connectivity index (χ0) is 26.3. The molecule has 1 heterocycles. The molecule has 0 atom stereocenters. The minimum Gasteiger partial charge on any atom is -0.493 e. The molecule has 0 saturated heterocycles. The molecule has 8 heteroatoms. The summed E-state index contributed by atoms with van der Waals surface area (Å²) in [6.45, 7) is 0. The molecule has 4 bridgehead atoms. The third-order valence-electron chi connectivity index (χ3n) is 8.60. The molecule has 38 heavy (non-hydrogen) atoms. The Balaban J connectivity index is 1.30. The van der Waals surface area contributed by atoms with Gasteiger partial charge in [-0.1, -0.05) is 18.2 Å². The first-order chi connectivity index (χ1) is 18.5. The second kappa shape index (κ2) is 9.82. The molecule has 7 rings (SSSR count). The van der Waals surface area contributed by atoms with Gasteiger partial charge in [-0.15, -0.1) is 0 Å². The largest absolute Gasteiger partial charge is 0.493 e. The van der Waals surface area contributed by atoms with Gasteiger partial charge in [-0.2, -0.15) is 10.2 Å². The molecule has 1 N–H and O–H groups in total. The third-order valence-corrected chi connectivity index (χ3v) is 8.60. The Bertz CT molecular complexity index is 1300. The number of carbonyl (C=O) groups is 1. The van der Waals surface area contributed by atoms with Crippen molar-refractivity contribution in [2.45, 2.75) is 43.9 Å². The van der Waals surface area contributed by atoms with E-state index < -0.39 is 0 Å². The number of rotatable bonds is 8. The summed E-state index contributed by atoms with van der Waals surface area (Å²) in [5.41, 5.74) is 6.22. The zero-order valence-electron chi connectivity index (χ0n) is 22.1. The molecule has 3 aromatic rings. The van der Waals surface area contributed by atoms with Crippen LogP contribution in [0.15, 0.2) is 53.8 Å². The number of nitrogens with zero attached hydrogens (tertiary/aromatic N) is 3. The molecule has 0 aliphatic heterocycles. The minimum atomic E-state index is -0.368. The van der Waals surface area contributed by atoms with E-state index in [1.165, 1.54) is 59.9 Å². The number of hydrogen-bond donors (Lipinski definition) is 1. The standard InChI is InChI=1S/C30H34N4O4/c1-36-25-12-22(13-26(37-2)27(25)38-3)29(35)32-31-17-23-18-34(24-7-5-4-6-8-24)33-28(23)30-14-19-9-20(15-30)11-21(10-19)16-30/h4-8,12-13,17-21H,9-11,14-16H2,1-3H3,(H,32,35). The number of benzene rings is 2. The van der Waals surface area contributed by atoms with E-state index >= 15 is 0 Å². The van der Waals surface area contributed by atoms with E-state index in [1.807, 2.05) is 29.1 Å². The molecule has 198 valence electrons. The fourth-order valence-electron chi connectivity index (χ4n) is 7.44. The fourth-order valence-corrected chi connectivity index (χ4v) is 7.44. The van der Waals surface area contributed by atoms with Crippen molar-refractivity contribution in [2.75, 3.05) is 21.3 Å². The lowest BCUT2D eigenvalue weighted by atomic mass is 9.48. The van der Waals surface area contributed by atoms with Gasteiger partial charge in [0.1, 0.15) is 0 Å². The van der Waals surface area contributed by atoms with Gasteiger partial charge in [0.2, 0.25) is 5.75 Å². The van der Waals surface area contributed by atoms with Gasteiger partial charge in [0, 0.05) is 22.7 Å². The van der Waals surface area contributed by atoms with Gasteiger partial charge in [0.05, 0.1) is 38.9 Å². The van der Waals surface area contributed by atoms with Crippen LogP contribution in [-0.4, -0.2) is 43.2 Å². The van der Waals surface area contributed by atoms with Crippen molar-refractivity contribution < 1.29 is 19.0 Å². The Labute approximate surface area is 223 Å². The molecule has 0 spiro atoms. The van der Waals surface area contributed by atoms with Crippen LogP contribution in [0.3, 0.4) is 0 Å². The van der Waals surface area contributed by atoms with E-state index in [2.05, 4.69) is 22.7 Å². The van der Waals surface area contributed by atoms with Gasteiger partial charge in [-0.3, -0.25) is 4.79 Å². The lowest BCUT2D eigenvalue weighted by molar-refractivity contribution is -0.00739. The number of ether oxygens (including phenoxy) is 3. The van der Waals surface area contributed by atoms with Crippen LogP contribution in [0.5, 0.6) is 17.2 Å². The topological polar surface area (TPSA) is 87.0 Å². The Hall–Kier alpha value is -3.81. The molecule has 0 unspecified atom stereocenters. The molecule has 1 amide bonds. The lowest BCUT2D eigenvalue weighted by Gasteiger charge is -2.56. The average molecular weight is 515 g/mol. The van der Waals surface area contributed by atoms with E-state index in [0.29, 0.717) is 22.8 Å². The normalized spacial score (nSPS) is 25.5. The summed E-state index contributed by atoms with van der Waals surface area (Å²) < 4.78 is 18.1. The van der Waals surface area contributed by atoms with Crippen LogP contribution < -0.4 is 19.6 Å². The molecular formula is C30H34N4O4. The number of carbonyl (C=O) groups excluding carboxylic acids is 1. The molecule has 4 fully saturated rings. The van der Waals surface area contributed by atoms with E-state index in [9.17, 15) is 4.79 Å². The van der Waals surface area contributed by atoms with Crippen molar-refractivity contribution in [1.29, 1.82) is 0 Å². The molecule has 4 aliphatic carbocycles. The lowest BCUT2D eigenvalue weighted by Crippen LogP contribution is -2.49. The van der Waals surface area contributed by atoms with Crippen LogP contribution >= 0.6 is 0 Å². The molecule has 2 aromatic carbocycles. The van der Waals surface area contributed by atoms with Crippen LogP contribution in [0.2, 0.25) is 0 Å². The highest BCUT2D eigenvalue weighted by atomic mass is 16.5. The minimum absolute atomic E-state index is 0.0941. The first-order valence-electron chi connectivity index (χ1n) is 13.3. The predicted molar refractivity (Wildman–Crippen MR) is 145 cm³/mol. The fraction of sp³-hybridized carbons (Fsp3) is 0.433. The van der Waals surface area contributed by atoms with Crippen molar-refractivity contribution in [1.82, 2.24) is 15.2 Å². The molecule has 4 aliphatic rings. The summed E-state index contributed by atoms with van der Waals surface area (Å²) in [6.07, 6.45) is 11.5. The molecule has 0 radical (unpaired) electrons. The van der Waals surface area contributed by atoms with Crippen molar-refractivity contribution in [3.8, 4) is 22.9 Å². The first-order valence-corrected chi connectivity index (χ1v) is 13.3. The summed E-state index contributed by atoms with van der Waals surface area (Å²) >= 11 is 0. The van der Waals surface area contributed by atoms with Crippen molar-refractivity contribution in [3.63, 3.8) is 0 Å².